The Hall–Kier alpha value is -2.24. The zero-order chi connectivity index (χ0) is 22.1. The van der Waals surface area contributed by atoms with E-state index < -0.39 is 29.1 Å². The number of halogens is 3. The Morgan fingerprint density at radius 1 is 1.29 bits per heavy atom. The maximum Gasteiger partial charge on any atom is 0.242 e. The largest absolute Gasteiger partial charge is 0.325 e. The van der Waals surface area contributed by atoms with E-state index in [1.165, 1.54) is 39.9 Å². The molecule has 1 aromatic heterocycles. The summed E-state index contributed by atoms with van der Waals surface area (Å²) < 4.78 is 43.5. The van der Waals surface area contributed by atoms with Crippen molar-refractivity contribution >= 4 is 45.7 Å². The van der Waals surface area contributed by atoms with E-state index in [1.807, 2.05) is 0 Å². The van der Waals surface area contributed by atoms with Crippen molar-refractivity contribution in [2.24, 2.45) is 0 Å². The lowest BCUT2D eigenvalue weighted by Crippen LogP contribution is -2.53. The number of benzene rings is 2. The van der Waals surface area contributed by atoms with Crippen LogP contribution < -0.4 is 10.0 Å². The third-order valence-electron chi connectivity index (χ3n) is 4.84. The zero-order valence-electron chi connectivity index (χ0n) is 16.1. The number of carbonyl (C=O) groups excluding carboxylic acids is 1. The van der Waals surface area contributed by atoms with Gasteiger partial charge in [0.2, 0.25) is 5.91 Å². The first-order valence-corrected chi connectivity index (χ1v) is 11.5. The molecule has 1 fully saturated rings. The summed E-state index contributed by atoms with van der Waals surface area (Å²) in [5, 5.41) is 3.26. The Morgan fingerprint density at radius 2 is 2.03 bits per heavy atom. The fraction of sp³-hybridized carbons (Fsp3) is 0.200. The van der Waals surface area contributed by atoms with Crippen LogP contribution in [0.3, 0.4) is 0 Å². The van der Waals surface area contributed by atoms with Gasteiger partial charge in [-0.1, -0.05) is 23.7 Å². The molecule has 1 aliphatic heterocycles. The average molecular weight is 483 g/mol. The lowest BCUT2D eigenvalue weighted by Gasteiger charge is -2.34. The van der Waals surface area contributed by atoms with Gasteiger partial charge in [0.25, 0.3) is 0 Å². The van der Waals surface area contributed by atoms with E-state index >= 15 is 0 Å². The minimum absolute atomic E-state index is 0.103. The summed E-state index contributed by atoms with van der Waals surface area (Å²) in [7, 11) is 1.58. The van der Waals surface area contributed by atoms with E-state index in [0.29, 0.717) is 17.1 Å². The number of thiazole rings is 1. The van der Waals surface area contributed by atoms with Gasteiger partial charge in [0.15, 0.2) is 11.2 Å². The lowest BCUT2D eigenvalue weighted by atomic mass is 10.1. The summed E-state index contributed by atoms with van der Waals surface area (Å²) in [6.45, 7) is 0. The highest BCUT2D eigenvalue weighted by atomic mass is 35.5. The van der Waals surface area contributed by atoms with Crippen LogP contribution in [-0.2, 0) is 16.0 Å². The van der Waals surface area contributed by atoms with Crippen molar-refractivity contribution in [1.82, 2.24) is 14.0 Å². The molecule has 162 valence electrons. The third-order valence-corrected chi connectivity index (χ3v) is 7.56. The number of hydrogen-bond acceptors (Lipinski definition) is 4. The molecule has 0 spiro atoms. The molecule has 2 aromatic carbocycles. The Bertz CT molecular complexity index is 1140. The van der Waals surface area contributed by atoms with E-state index in [2.05, 4.69) is 15.0 Å². The summed E-state index contributed by atoms with van der Waals surface area (Å²) in [5.41, 5.74) is 1.17. The van der Waals surface area contributed by atoms with Gasteiger partial charge in [-0.15, -0.1) is 11.3 Å². The fourth-order valence-electron chi connectivity index (χ4n) is 3.16. The smallest absolute Gasteiger partial charge is 0.242 e. The Labute approximate surface area is 189 Å². The molecule has 3 atom stereocenters. The van der Waals surface area contributed by atoms with Crippen LogP contribution in [0.2, 0.25) is 5.02 Å². The first-order valence-electron chi connectivity index (χ1n) is 9.20. The molecule has 0 radical (unpaired) electrons. The average Bonchev–Trinajstić information content (AvgIpc) is 3.23. The van der Waals surface area contributed by atoms with Gasteiger partial charge in [0, 0.05) is 18.9 Å². The second-order valence-corrected chi connectivity index (χ2v) is 9.68. The van der Waals surface area contributed by atoms with E-state index in [-0.39, 0.29) is 16.7 Å². The molecular weight excluding hydrogens is 466 g/mol. The number of aromatic nitrogens is 1. The number of anilines is 1. The maximum absolute atomic E-state index is 13.4. The standard InChI is InChI=1S/C20H17ClF2N4O2S2/c1-27-17(19(28)25-13-6-7-15(23)14(21)8-13)9-16(26-31(27)29)20-24-10-18(30-20)11-2-4-12(22)5-3-11/h2-8,10,16-17,26H,9H2,1H3,(H,25,28). The van der Waals surface area contributed by atoms with Gasteiger partial charge in [-0.3, -0.25) is 4.79 Å². The topological polar surface area (TPSA) is 74.3 Å². The van der Waals surface area contributed by atoms with Crippen LogP contribution in [0, 0.1) is 11.6 Å². The monoisotopic (exact) mass is 482 g/mol. The number of carbonyl (C=O) groups is 1. The predicted molar refractivity (Wildman–Crippen MR) is 118 cm³/mol. The number of amides is 1. The van der Waals surface area contributed by atoms with Gasteiger partial charge >= 0.3 is 0 Å². The highest BCUT2D eigenvalue weighted by molar-refractivity contribution is 7.80. The Balaban J connectivity index is 1.51. The molecule has 1 aliphatic rings. The minimum atomic E-state index is -1.62. The van der Waals surface area contributed by atoms with Crippen LogP contribution in [0.15, 0.2) is 48.7 Å². The highest BCUT2D eigenvalue weighted by Gasteiger charge is 2.37. The number of nitrogens with zero attached hydrogens (tertiary/aromatic N) is 2. The van der Waals surface area contributed by atoms with Crippen LogP contribution in [0.5, 0.6) is 0 Å². The van der Waals surface area contributed by atoms with Crippen LogP contribution in [0.25, 0.3) is 10.4 Å². The molecule has 31 heavy (non-hydrogen) atoms. The molecule has 6 nitrogen and oxygen atoms in total. The molecule has 3 aromatic rings. The van der Waals surface area contributed by atoms with E-state index in [9.17, 15) is 17.8 Å². The quantitative estimate of drug-likeness (QED) is 0.582. The molecule has 2 N–H and O–H groups in total. The summed E-state index contributed by atoms with van der Waals surface area (Å²) in [5.74, 6) is -1.29. The van der Waals surface area contributed by atoms with Crippen molar-refractivity contribution in [2.75, 3.05) is 12.4 Å². The van der Waals surface area contributed by atoms with Crippen molar-refractivity contribution in [3.63, 3.8) is 0 Å². The summed E-state index contributed by atoms with van der Waals surface area (Å²) >= 11 is 5.54. The molecule has 4 rings (SSSR count). The summed E-state index contributed by atoms with van der Waals surface area (Å²) in [6, 6.07) is 8.84. The first kappa shape index (κ1) is 22.0. The Morgan fingerprint density at radius 3 is 2.74 bits per heavy atom. The zero-order valence-corrected chi connectivity index (χ0v) is 18.5. The molecule has 1 amide bonds. The van der Waals surface area contributed by atoms with Crippen molar-refractivity contribution in [2.45, 2.75) is 18.5 Å². The molecule has 0 saturated carbocycles. The second kappa shape index (κ2) is 9.09. The number of likely N-dealkylation sites (N-methyl/N-ethyl adjacent to an activating group) is 1. The van der Waals surface area contributed by atoms with Crippen LogP contribution >= 0.6 is 22.9 Å². The lowest BCUT2D eigenvalue weighted by molar-refractivity contribution is -0.120. The fourth-order valence-corrected chi connectivity index (χ4v) is 5.43. The minimum Gasteiger partial charge on any atom is -0.325 e. The molecule has 2 heterocycles. The van der Waals surface area contributed by atoms with E-state index in [1.54, 1.807) is 25.4 Å². The molecule has 1 saturated heterocycles. The van der Waals surface area contributed by atoms with Gasteiger partial charge in [-0.25, -0.2) is 27.0 Å². The van der Waals surface area contributed by atoms with Crippen molar-refractivity contribution in [1.29, 1.82) is 0 Å². The maximum atomic E-state index is 13.4. The van der Waals surface area contributed by atoms with Gasteiger partial charge in [-0.05, 0) is 42.3 Å². The molecule has 0 aliphatic carbocycles. The van der Waals surface area contributed by atoms with Crippen LogP contribution in [-0.4, -0.2) is 32.5 Å². The summed E-state index contributed by atoms with van der Waals surface area (Å²) in [4.78, 5) is 18.1. The summed E-state index contributed by atoms with van der Waals surface area (Å²) in [6.07, 6.45) is 1.99. The number of rotatable bonds is 4. The molecule has 11 heteroatoms. The van der Waals surface area contributed by atoms with Crippen molar-refractivity contribution in [3.8, 4) is 10.4 Å². The van der Waals surface area contributed by atoms with Gasteiger partial charge in [0.1, 0.15) is 22.7 Å². The third kappa shape index (κ3) is 4.83. The van der Waals surface area contributed by atoms with Crippen LogP contribution in [0.4, 0.5) is 14.5 Å². The Kier molecular flexibility index (Phi) is 6.44. The first-order chi connectivity index (χ1) is 14.8. The number of hydrogen-bond donors (Lipinski definition) is 2. The second-order valence-electron chi connectivity index (χ2n) is 6.91. The highest BCUT2D eigenvalue weighted by Crippen LogP contribution is 2.34. The van der Waals surface area contributed by atoms with Crippen molar-refractivity contribution < 1.29 is 17.8 Å². The van der Waals surface area contributed by atoms with Gasteiger partial charge < -0.3 is 5.32 Å². The molecule has 0 bridgehead atoms. The molecular formula is C20H17ClF2N4O2S2. The van der Waals surface area contributed by atoms with Gasteiger partial charge in [0.05, 0.1) is 15.9 Å². The van der Waals surface area contributed by atoms with E-state index in [0.717, 1.165) is 16.5 Å². The predicted octanol–water partition coefficient (Wildman–Crippen LogP) is 4.29. The van der Waals surface area contributed by atoms with E-state index in [4.69, 9.17) is 11.6 Å². The SMILES string of the molecule is CN1C(C(=O)Nc2ccc(F)c(Cl)c2)CC(c2ncc(-c3ccc(F)cc3)s2)NS1=O. The number of nitrogens with one attached hydrogen (secondary N) is 2. The van der Waals surface area contributed by atoms with Gasteiger partial charge in [-0.2, -0.15) is 0 Å². The molecule has 3 unspecified atom stereocenters. The normalized spacial score (nSPS) is 21.7. The van der Waals surface area contributed by atoms with Crippen molar-refractivity contribution in [3.05, 3.63) is 70.3 Å². The van der Waals surface area contributed by atoms with Crippen LogP contribution in [0.1, 0.15) is 17.5 Å².